The van der Waals surface area contributed by atoms with Crippen molar-refractivity contribution in [3.63, 3.8) is 0 Å². The molecular weight excluding hydrogens is 336 g/mol. The van der Waals surface area contributed by atoms with Crippen LogP contribution in [-0.2, 0) is 11.3 Å². The van der Waals surface area contributed by atoms with Gasteiger partial charge in [0.15, 0.2) is 0 Å². The molecule has 0 bridgehead atoms. The van der Waals surface area contributed by atoms with Crippen molar-refractivity contribution in [3.05, 3.63) is 54.1 Å². The molecule has 0 aromatic heterocycles. The normalized spacial score (nSPS) is 19.1. The fourth-order valence-corrected chi connectivity index (χ4v) is 3.19. The van der Waals surface area contributed by atoms with E-state index in [0.29, 0.717) is 6.54 Å². The Labute approximate surface area is 155 Å². The van der Waals surface area contributed by atoms with Gasteiger partial charge in [-0.15, -0.1) is 12.4 Å². The number of ether oxygens (including phenoxy) is 1. The molecule has 1 fully saturated rings. The van der Waals surface area contributed by atoms with Gasteiger partial charge < -0.3 is 15.8 Å². The molecule has 1 saturated carbocycles. The summed E-state index contributed by atoms with van der Waals surface area (Å²) in [5.41, 5.74) is 9.26. The molecule has 1 amide bonds. The number of halogens is 1. The average Bonchev–Trinajstić information content (AvgIpc) is 3.07. The molecule has 1 aliphatic carbocycles. The van der Waals surface area contributed by atoms with Gasteiger partial charge in [-0.1, -0.05) is 36.4 Å². The fourth-order valence-electron chi connectivity index (χ4n) is 3.19. The maximum absolute atomic E-state index is 12.1. The summed E-state index contributed by atoms with van der Waals surface area (Å²) in [7, 11) is 1.66. The monoisotopic (exact) mass is 360 g/mol. The lowest BCUT2D eigenvalue weighted by Gasteiger charge is -2.11. The van der Waals surface area contributed by atoms with Crippen molar-refractivity contribution >= 4 is 18.3 Å². The number of amides is 1. The van der Waals surface area contributed by atoms with E-state index < -0.39 is 0 Å². The molecule has 0 spiro atoms. The second-order valence-electron chi connectivity index (χ2n) is 6.41. The van der Waals surface area contributed by atoms with Crippen LogP contribution in [0.2, 0.25) is 0 Å². The number of benzene rings is 2. The Morgan fingerprint density at radius 3 is 2.20 bits per heavy atom. The Hall–Kier alpha value is -2.04. The van der Waals surface area contributed by atoms with Crippen LogP contribution in [0.25, 0.3) is 11.1 Å². The summed E-state index contributed by atoms with van der Waals surface area (Å²) in [4.78, 5) is 12.1. The standard InChI is InChI=1S/C20H24N2O2.ClH/c1-24-19-10-7-16(8-11-19)15-4-2-14(3-5-15)13-22-20(23)17-6-9-18(21)12-17;/h2-5,7-8,10-11,17-18H,6,9,12-13,21H2,1H3,(H,22,23);1H. The summed E-state index contributed by atoms with van der Waals surface area (Å²) in [6.07, 6.45) is 2.67. The largest absolute Gasteiger partial charge is 0.497 e. The van der Waals surface area contributed by atoms with Crippen LogP contribution in [0.1, 0.15) is 24.8 Å². The molecule has 1 aliphatic rings. The highest BCUT2D eigenvalue weighted by molar-refractivity contribution is 5.85. The quantitative estimate of drug-likeness (QED) is 0.857. The van der Waals surface area contributed by atoms with E-state index in [4.69, 9.17) is 10.5 Å². The first kappa shape index (κ1) is 19.3. The van der Waals surface area contributed by atoms with Gasteiger partial charge in [-0.2, -0.15) is 0 Å². The van der Waals surface area contributed by atoms with E-state index in [1.54, 1.807) is 7.11 Å². The van der Waals surface area contributed by atoms with Gasteiger partial charge in [-0.3, -0.25) is 4.79 Å². The summed E-state index contributed by atoms with van der Waals surface area (Å²) in [6, 6.07) is 16.4. The molecule has 25 heavy (non-hydrogen) atoms. The molecular formula is C20H25ClN2O2. The van der Waals surface area contributed by atoms with E-state index >= 15 is 0 Å². The van der Waals surface area contributed by atoms with Crippen molar-refractivity contribution in [2.45, 2.75) is 31.8 Å². The minimum absolute atomic E-state index is 0. The molecule has 5 heteroatoms. The van der Waals surface area contributed by atoms with Crippen LogP contribution in [-0.4, -0.2) is 19.1 Å². The highest BCUT2D eigenvalue weighted by Crippen LogP contribution is 2.25. The Bertz CT molecular complexity index is 686. The van der Waals surface area contributed by atoms with Crippen LogP contribution in [0.4, 0.5) is 0 Å². The summed E-state index contributed by atoms with van der Waals surface area (Å²) in [5, 5.41) is 3.02. The molecule has 0 radical (unpaired) electrons. The van der Waals surface area contributed by atoms with Gasteiger partial charge in [-0.05, 0) is 48.1 Å². The third-order valence-electron chi connectivity index (χ3n) is 4.69. The van der Waals surface area contributed by atoms with Gasteiger partial charge >= 0.3 is 0 Å². The minimum Gasteiger partial charge on any atom is -0.497 e. The number of nitrogens with one attached hydrogen (secondary N) is 1. The lowest BCUT2D eigenvalue weighted by molar-refractivity contribution is -0.125. The number of carbonyl (C=O) groups is 1. The highest BCUT2D eigenvalue weighted by Gasteiger charge is 2.27. The van der Waals surface area contributed by atoms with Gasteiger partial charge in [0.05, 0.1) is 7.11 Å². The lowest BCUT2D eigenvalue weighted by Crippen LogP contribution is -2.29. The van der Waals surface area contributed by atoms with E-state index in [1.165, 1.54) is 0 Å². The van der Waals surface area contributed by atoms with Gasteiger partial charge in [-0.25, -0.2) is 0 Å². The first-order valence-electron chi connectivity index (χ1n) is 8.42. The average molecular weight is 361 g/mol. The SMILES string of the molecule is COc1ccc(-c2ccc(CNC(=O)C3CCC(N)C3)cc2)cc1.Cl. The first-order valence-corrected chi connectivity index (χ1v) is 8.42. The van der Waals surface area contributed by atoms with Gasteiger partial charge in [0.25, 0.3) is 0 Å². The second kappa shape index (κ2) is 8.88. The van der Waals surface area contributed by atoms with Crippen molar-refractivity contribution in [3.8, 4) is 16.9 Å². The molecule has 3 rings (SSSR count). The van der Waals surface area contributed by atoms with E-state index in [1.807, 2.05) is 24.3 Å². The predicted molar refractivity (Wildman–Crippen MR) is 103 cm³/mol. The third-order valence-corrected chi connectivity index (χ3v) is 4.69. The molecule has 134 valence electrons. The number of nitrogens with two attached hydrogens (primary N) is 1. The number of hydrogen-bond acceptors (Lipinski definition) is 3. The van der Waals surface area contributed by atoms with Gasteiger partial charge in [0.2, 0.25) is 5.91 Å². The van der Waals surface area contributed by atoms with E-state index in [0.717, 1.165) is 41.7 Å². The van der Waals surface area contributed by atoms with Crippen molar-refractivity contribution in [2.24, 2.45) is 11.7 Å². The zero-order valence-corrected chi connectivity index (χ0v) is 15.2. The highest BCUT2D eigenvalue weighted by atomic mass is 35.5. The summed E-state index contributed by atoms with van der Waals surface area (Å²) >= 11 is 0. The maximum Gasteiger partial charge on any atom is 0.223 e. The molecule has 0 heterocycles. The van der Waals surface area contributed by atoms with Crippen molar-refractivity contribution in [2.75, 3.05) is 7.11 Å². The van der Waals surface area contributed by atoms with Crippen molar-refractivity contribution < 1.29 is 9.53 Å². The second-order valence-corrected chi connectivity index (χ2v) is 6.41. The van der Waals surface area contributed by atoms with Gasteiger partial charge in [0, 0.05) is 18.5 Å². The zero-order chi connectivity index (χ0) is 16.9. The third kappa shape index (κ3) is 4.97. The molecule has 0 aliphatic heterocycles. The lowest BCUT2D eigenvalue weighted by atomic mass is 10.0. The maximum atomic E-state index is 12.1. The Balaban J connectivity index is 0.00000225. The first-order chi connectivity index (χ1) is 11.7. The van der Waals surface area contributed by atoms with E-state index in [9.17, 15) is 4.79 Å². The van der Waals surface area contributed by atoms with E-state index in [-0.39, 0.29) is 30.3 Å². The fraction of sp³-hybridized carbons (Fsp3) is 0.350. The molecule has 2 aromatic rings. The van der Waals surface area contributed by atoms with Crippen LogP contribution < -0.4 is 15.8 Å². The Morgan fingerprint density at radius 2 is 1.68 bits per heavy atom. The number of rotatable bonds is 5. The zero-order valence-electron chi connectivity index (χ0n) is 14.4. The van der Waals surface area contributed by atoms with Crippen LogP contribution >= 0.6 is 12.4 Å². The predicted octanol–water partition coefficient (Wildman–Crippen LogP) is 3.53. The molecule has 2 atom stereocenters. The van der Waals surface area contributed by atoms with E-state index in [2.05, 4.69) is 29.6 Å². The summed E-state index contributed by atoms with van der Waals surface area (Å²) in [5.74, 6) is 1.06. The van der Waals surface area contributed by atoms with Crippen molar-refractivity contribution in [1.82, 2.24) is 5.32 Å². The van der Waals surface area contributed by atoms with Crippen LogP contribution in [0.15, 0.2) is 48.5 Å². The minimum atomic E-state index is 0. The topological polar surface area (TPSA) is 64.3 Å². The van der Waals surface area contributed by atoms with Crippen LogP contribution in [0.5, 0.6) is 5.75 Å². The molecule has 3 N–H and O–H groups in total. The molecule has 4 nitrogen and oxygen atoms in total. The smallest absolute Gasteiger partial charge is 0.223 e. The molecule has 2 unspecified atom stereocenters. The van der Waals surface area contributed by atoms with Gasteiger partial charge in [0.1, 0.15) is 5.75 Å². The number of carbonyl (C=O) groups excluding carboxylic acids is 1. The Morgan fingerprint density at radius 1 is 1.08 bits per heavy atom. The van der Waals surface area contributed by atoms with Crippen LogP contribution in [0.3, 0.4) is 0 Å². The molecule has 2 aromatic carbocycles. The van der Waals surface area contributed by atoms with Crippen LogP contribution in [0, 0.1) is 5.92 Å². The summed E-state index contributed by atoms with van der Waals surface area (Å²) in [6.45, 7) is 0.563. The summed E-state index contributed by atoms with van der Waals surface area (Å²) < 4.78 is 5.18. The molecule has 0 saturated heterocycles. The Kier molecular flexibility index (Phi) is 6.85. The number of methoxy groups -OCH3 is 1. The number of hydrogen-bond donors (Lipinski definition) is 2. The van der Waals surface area contributed by atoms with Crippen molar-refractivity contribution in [1.29, 1.82) is 0 Å².